The maximum atomic E-state index is 9.18. The summed E-state index contributed by atoms with van der Waals surface area (Å²) in [5.41, 5.74) is 7.42. The SMILES string of the molecule is Cc1cc(C)c(CN2CCC(C(CCC3=CC=CCC3C)CCc3ccc(C#N)c(Cl)c3)C2)[nH]1. The zero-order valence-corrected chi connectivity index (χ0v) is 21.7. The summed E-state index contributed by atoms with van der Waals surface area (Å²) in [5.74, 6) is 2.10. The van der Waals surface area contributed by atoms with Crippen LogP contribution in [-0.4, -0.2) is 23.0 Å². The van der Waals surface area contributed by atoms with E-state index in [-0.39, 0.29) is 0 Å². The molecule has 4 heteroatoms. The molecule has 1 N–H and O–H groups in total. The molecule has 1 saturated heterocycles. The van der Waals surface area contributed by atoms with Gasteiger partial charge in [0, 0.05) is 24.5 Å². The lowest BCUT2D eigenvalue weighted by atomic mass is 9.80. The van der Waals surface area contributed by atoms with Crippen LogP contribution in [0.15, 0.2) is 48.1 Å². The molecule has 0 amide bonds. The first-order chi connectivity index (χ1) is 16.4. The summed E-state index contributed by atoms with van der Waals surface area (Å²) in [6, 6.07) is 10.4. The Bertz CT molecular complexity index is 1090. The van der Waals surface area contributed by atoms with Crippen molar-refractivity contribution in [3.8, 4) is 6.07 Å². The van der Waals surface area contributed by atoms with Gasteiger partial charge in [-0.05, 0) is 106 Å². The van der Waals surface area contributed by atoms with Crippen molar-refractivity contribution in [1.82, 2.24) is 9.88 Å². The minimum atomic E-state index is 0.564. The normalized spacial score (nSPS) is 21.4. The van der Waals surface area contributed by atoms with E-state index in [1.165, 1.54) is 67.7 Å². The monoisotopic (exact) mass is 475 g/mol. The molecule has 1 aliphatic carbocycles. The molecular weight excluding hydrogens is 438 g/mol. The third-order valence-electron chi connectivity index (χ3n) is 7.94. The molecule has 3 unspecified atom stereocenters. The number of rotatable bonds is 9. The van der Waals surface area contributed by atoms with E-state index < -0.39 is 0 Å². The third-order valence-corrected chi connectivity index (χ3v) is 8.26. The molecule has 3 nitrogen and oxygen atoms in total. The lowest BCUT2D eigenvalue weighted by molar-refractivity contribution is 0.260. The molecule has 3 atom stereocenters. The molecule has 0 radical (unpaired) electrons. The summed E-state index contributed by atoms with van der Waals surface area (Å²) in [4.78, 5) is 6.20. The summed E-state index contributed by atoms with van der Waals surface area (Å²) in [6.45, 7) is 10.1. The number of nitriles is 1. The number of H-pyrrole nitrogens is 1. The van der Waals surface area contributed by atoms with E-state index in [2.05, 4.69) is 67.1 Å². The molecule has 0 spiro atoms. The molecule has 1 aromatic heterocycles. The lowest BCUT2D eigenvalue weighted by Gasteiger charge is -2.26. The van der Waals surface area contributed by atoms with Crippen molar-refractivity contribution < 1.29 is 0 Å². The predicted molar refractivity (Wildman–Crippen MR) is 142 cm³/mol. The number of hydrogen-bond donors (Lipinski definition) is 1. The minimum absolute atomic E-state index is 0.564. The van der Waals surface area contributed by atoms with Gasteiger partial charge in [-0.1, -0.05) is 48.4 Å². The van der Waals surface area contributed by atoms with Gasteiger partial charge in [-0.3, -0.25) is 4.90 Å². The number of aromatic amines is 1. The molecule has 2 aromatic rings. The Morgan fingerprint density at radius 3 is 2.74 bits per heavy atom. The van der Waals surface area contributed by atoms with Crippen LogP contribution in [0.1, 0.15) is 67.1 Å². The number of aryl methyl sites for hydroxylation is 3. The first-order valence-electron chi connectivity index (χ1n) is 12.8. The van der Waals surface area contributed by atoms with Crippen LogP contribution in [0.25, 0.3) is 0 Å². The highest BCUT2D eigenvalue weighted by Gasteiger charge is 2.30. The van der Waals surface area contributed by atoms with E-state index >= 15 is 0 Å². The number of hydrogen-bond acceptors (Lipinski definition) is 2. The Balaban J connectivity index is 1.41. The van der Waals surface area contributed by atoms with Crippen LogP contribution in [0.3, 0.4) is 0 Å². The van der Waals surface area contributed by atoms with Crippen molar-refractivity contribution in [3.63, 3.8) is 0 Å². The molecule has 34 heavy (non-hydrogen) atoms. The van der Waals surface area contributed by atoms with Crippen LogP contribution in [0.5, 0.6) is 0 Å². The maximum absolute atomic E-state index is 9.18. The van der Waals surface area contributed by atoms with Gasteiger partial charge >= 0.3 is 0 Å². The predicted octanol–water partition coefficient (Wildman–Crippen LogP) is 7.53. The van der Waals surface area contributed by atoms with Crippen LogP contribution in [0, 0.1) is 42.9 Å². The first kappa shape index (κ1) is 24.8. The first-order valence-corrected chi connectivity index (χ1v) is 13.2. The van der Waals surface area contributed by atoms with Crippen molar-refractivity contribution in [2.45, 2.75) is 65.8 Å². The van der Waals surface area contributed by atoms with E-state index in [9.17, 15) is 5.26 Å². The lowest BCUT2D eigenvalue weighted by Crippen LogP contribution is -2.24. The number of halogens is 1. The number of nitrogens with one attached hydrogen (secondary N) is 1. The Morgan fingerprint density at radius 2 is 2.03 bits per heavy atom. The van der Waals surface area contributed by atoms with E-state index in [1.807, 2.05) is 12.1 Å². The maximum Gasteiger partial charge on any atom is 0.101 e. The number of aromatic nitrogens is 1. The number of likely N-dealkylation sites (tertiary alicyclic amines) is 1. The molecule has 1 aromatic carbocycles. The smallest absolute Gasteiger partial charge is 0.101 e. The van der Waals surface area contributed by atoms with Crippen LogP contribution >= 0.6 is 11.6 Å². The Labute approximate surface area is 210 Å². The molecular formula is C30H38ClN3. The van der Waals surface area contributed by atoms with E-state index in [0.29, 0.717) is 22.4 Å². The van der Waals surface area contributed by atoms with Crippen LogP contribution in [0.2, 0.25) is 5.02 Å². The Hall–Kier alpha value is -2.28. The highest BCUT2D eigenvalue weighted by molar-refractivity contribution is 6.31. The molecule has 1 aliphatic heterocycles. The quantitative estimate of drug-likeness (QED) is 0.407. The average Bonchev–Trinajstić information content (AvgIpc) is 3.40. The molecule has 2 aliphatic rings. The van der Waals surface area contributed by atoms with Crippen LogP contribution in [-0.2, 0) is 13.0 Å². The van der Waals surface area contributed by atoms with Gasteiger partial charge in [0.2, 0.25) is 0 Å². The van der Waals surface area contributed by atoms with Crippen LogP contribution in [0.4, 0.5) is 0 Å². The van der Waals surface area contributed by atoms with E-state index in [4.69, 9.17) is 11.6 Å². The fourth-order valence-corrected chi connectivity index (χ4v) is 6.05. The zero-order valence-electron chi connectivity index (χ0n) is 20.9. The van der Waals surface area contributed by atoms with Gasteiger partial charge in [0.25, 0.3) is 0 Å². The summed E-state index contributed by atoms with van der Waals surface area (Å²) in [6.07, 6.45) is 14.0. The van der Waals surface area contributed by atoms with Crippen molar-refractivity contribution in [2.75, 3.05) is 13.1 Å². The van der Waals surface area contributed by atoms with Crippen molar-refractivity contribution >= 4 is 11.6 Å². The summed E-state index contributed by atoms with van der Waals surface area (Å²) in [7, 11) is 0. The van der Waals surface area contributed by atoms with Gasteiger partial charge in [-0.2, -0.15) is 5.26 Å². The molecule has 2 heterocycles. The number of benzene rings is 1. The van der Waals surface area contributed by atoms with Crippen molar-refractivity contribution in [2.24, 2.45) is 17.8 Å². The highest BCUT2D eigenvalue weighted by Crippen LogP contribution is 2.35. The second kappa shape index (κ2) is 11.4. The summed E-state index contributed by atoms with van der Waals surface area (Å²) >= 11 is 6.32. The van der Waals surface area contributed by atoms with Crippen LogP contribution < -0.4 is 0 Å². The third kappa shape index (κ3) is 6.23. The van der Waals surface area contributed by atoms with Gasteiger partial charge in [-0.25, -0.2) is 0 Å². The molecule has 0 bridgehead atoms. The zero-order chi connectivity index (χ0) is 24.1. The van der Waals surface area contributed by atoms with E-state index in [1.54, 1.807) is 5.57 Å². The number of allylic oxidation sites excluding steroid dienone is 4. The number of nitrogens with zero attached hydrogens (tertiary/aromatic N) is 2. The van der Waals surface area contributed by atoms with E-state index in [0.717, 1.165) is 18.9 Å². The molecule has 1 fully saturated rings. The largest absolute Gasteiger partial charge is 0.361 e. The van der Waals surface area contributed by atoms with Crippen molar-refractivity contribution in [3.05, 3.63) is 81.2 Å². The Kier molecular flexibility index (Phi) is 8.35. The topological polar surface area (TPSA) is 42.8 Å². The highest BCUT2D eigenvalue weighted by atomic mass is 35.5. The average molecular weight is 476 g/mol. The standard InChI is InChI=1S/C30H38ClN3/c1-21-6-4-5-7-25(21)12-13-26(10-8-24-9-11-27(18-32)29(31)17-24)28-14-15-34(19-28)20-30-22(2)16-23(3)33-30/h4-5,7,9,11,16-17,21,26,28,33H,6,8,10,12-15,19-20H2,1-3H3. The van der Waals surface area contributed by atoms with Gasteiger partial charge in [0.15, 0.2) is 0 Å². The molecule has 4 rings (SSSR count). The Morgan fingerprint density at radius 1 is 1.21 bits per heavy atom. The molecule has 0 saturated carbocycles. The van der Waals surface area contributed by atoms with Crippen molar-refractivity contribution in [1.29, 1.82) is 5.26 Å². The summed E-state index contributed by atoms with van der Waals surface area (Å²) in [5, 5.41) is 9.76. The second-order valence-electron chi connectivity index (χ2n) is 10.5. The molecule has 180 valence electrons. The fourth-order valence-electron chi connectivity index (χ4n) is 5.81. The summed E-state index contributed by atoms with van der Waals surface area (Å²) < 4.78 is 0. The second-order valence-corrected chi connectivity index (χ2v) is 10.9. The van der Waals surface area contributed by atoms with Gasteiger partial charge in [-0.15, -0.1) is 0 Å². The van der Waals surface area contributed by atoms with Gasteiger partial charge < -0.3 is 4.98 Å². The van der Waals surface area contributed by atoms with Gasteiger partial charge in [0.05, 0.1) is 10.6 Å². The fraction of sp³-hybridized carbons (Fsp3) is 0.500. The minimum Gasteiger partial charge on any atom is -0.361 e. The van der Waals surface area contributed by atoms with Gasteiger partial charge in [0.1, 0.15) is 6.07 Å².